The molecule has 1 unspecified atom stereocenters. The van der Waals surface area contributed by atoms with Gasteiger partial charge in [-0.25, -0.2) is 9.59 Å². The molecule has 0 spiro atoms. The fraction of sp³-hybridized carbons (Fsp3) is 0.667. The van der Waals surface area contributed by atoms with E-state index in [0.717, 1.165) is 12.8 Å². The fourth-order valence-corrected chi connectivity index (χ4v) is 2.28. The molecule has 0 aromatic heterocycles. The lowest BCUT2D eigenvalue weighted by Gasteiger charge is -2.45. The average molecular weight is 241 g/mol. The summed E-state index contributed by atoms with van der Waals surface area (Å²) in [5.74, 6) is -1.03. The average Bonchev–Trinajstić information content (AvgIpc) is 2.19. The van der Waals surface area contributed by atoms with Crippen LogP contribution in [0.5, 0.6) is 0 Å². The molecule has 0 radical (unpaired) electrons. The van der Waals surface area contributed by atoms with Gasteiger partial charge in [0.15, 0.2) is 0 Å². The zero-order valence-corrected chi connectivity index (χ0v) is 10.2. The van der Waals surface area contributed by atoms with Gasteiger partial charge < -0.3 is 15.2 Å². The van der Waals surface area contributed by atoms with E-state index in [-0.39, 0.29) is 17.9 Å². The van der Waals surface area contributed by atoms with E-state index in [1.807, 2.05) is 0 Å². The Hall–Kier alpha value is -1.52. The van der Waals surface area contributed by atoms with Gasteiger partial charge in [0.05, 0.1) is 0 Å². The predicted molar refractivity (Wildman–Crippen MR) is 62.6 cm³/mol. The third-order valence-electron chi connectivity index (χ3n) is 2.97. The second-order valence-electron chi connectivity index (χ2n) is 5.18. The Bertz CT molecular complexity index is 316. The summed E-state index contributed by atoms with van der Waals surface area (Å²) in [4.78, 5) is 22.3. The van der Waals surface area contributed by atoms with Gasteiger partial charge in [0.2, 0.25) is 0 Å². The number of carbonyl (C=O) groups is 2. The van der Waals surface area contributed by atoms with Gasteiger partial charge >= 0.3 is 12.1 Å². The van der Waals surface area contributed by atoms with Crippen LogP contribution in [0.2, 0.25) is 0 Å². The zero-order valence-electron chi connectivity index (χ0n) is 10.2. The summed E-state index contributed by atoms with van der Waals surface area (Å²) >= 11 is 0. The molecule has 1 aliphatic rings. The first-order chi connectivity index (χ1) is 7.85. The maximum absolute atomic E-state index is 11.3. The number of ether oxygens (including phenoxy) is 1. The second-order valence-corrected chi connectivity index (χ2v) is 5.18. The number of aliphatic carboxylic acids is 1. The fourth-order valence-electron chi connectivity index (χ4n) is 2.28. The first kappa shape index (κ1) is 13.5. The third kappa shape index (κ3) is 3.76. The van der Waals surface area contributed by atoms with Crippen LogP contribution in [0.3, 0.4) is 0 Å². The van der Waals surface area contributed by atoms with E-state index in [0.29, 0.717) is 0 Å². The van der Waals surface area contributed by atoms with Gasteiger partial charge in [-0.1, -0.05) is 26.5 Å². The lowest BCUT2D eigenvalue weighted by Crippen LogP contribution is -2.52. The summed E-state index contributed by atoms with van der Waals surface area (Å²) in [6.07, 6.45) is 2.32. The largest absolute Gasteiger partial charge is 0.480 e. The molecule has 1 saturated carbocycles. The number of carboxylic acids is 1. The molecule has 0 heterocycles. The Kier molecular flexibility index (Phi) is 4.15. The van der Waals surface area contributed by atoms with Gasteiger partial charge in [-0.3, -0.25) is 0 Å². The third-order valence-corrected chi connectivity index (χ3v) is 2.97. The van der Waals surface area contributed by atoms with Crippen LogP contribution in [-0.4, -0.2) is 29.8 Å². The Morgan fingerprint density at radius 1 is 1.59 bits per heavy atom. The molecule has 1 rings (SSSR count). The maximum atomic E-state index is 11.3. The van der Waals surface area contributed by atoms with Gasteiger partial charge in [0, 0.05) is 0 Å². The molecule has 2 N–H and O–H groups in total. The highest BCUT2D eigenvalue weighted by atomic mass is 16.5. The van der Waals surface area contributed by atoms with E-state index in [2.05, 4.69) is 25.7 Å². The molecular weight excluding hydrogens is 222 g/mol. The zero-order chi connectivity index (χ0) is 13.1. The van der Waals surface area contributed by atoms with E-state index in [1.54, 1.807) is 0 Å². The van der Waals surface area contributed by atoms with Crippen molar-refractivity contribution in [2.75, 3.05) is 6.61 Å². The van der Waals surface area contributed by atoms with Gasteiger partial charge in [0.25, 0.3) is 0 Å². The Balaban J connectivity index is 2.48. The Labute approximate surface area is 101 Å². The van der Waals surface area contributed by atoms with Crippen molar-refractivity contribution >= 4 is 12.1 Å². The quantitative estimate of drug-likeness (QED) is 0.719. The van der Waals surface area contributed by atoms with Crippen LogP contribution in [0.25, 0.3) is 0 Å². The molecule has 0 saturated heterocycles. The van der Waals surface area contributed by atoms with Crippen molar-refractivity contribution in [1.29, 1.82) is 0 Å². The van der Waals surface area contributed by atoms with Crippen molar-refractivity contribution in [3.8, 4) is 0 Å². The van der Waals surface area contributed by atoms with Crippen molar-refractivity contribution in [3.05, 3.63) is 12.7 Å². The highest BCUT2D eigenvalue weighted by Crippen LogP contribution is 2.46. The number of carboxylic acid groups (broad SMARTS) is 1. The highest BCUT2D eigenvalue weighted by molar-refractivity contribution is 5.80. The van der Waals surface area contributed by atoms with Gasteiger partial charge in [-0.05, 0) is 24.2 Å². The number of hydrogen-bond donors (Lipinski definition) is 2. The molecule has 1 aliphatic carbocycles. The summed E-state index contributed by atoms with van der Waals surface area (Å²) < 4.78 is 4.71. The lowest BCUT2D eigenvalue weighted by molar-refractivity contribution is -0.143. The van der Waals surface area contributed by atoms with Crippen LogP contribution in [-0.2, 0) is 9.53 Å². The van der Waals surface area contributed by atoms with Gasteiger partial charge in [0.1, 0.15) is 12.6 Å². The minimum absolute atomic E-state index is 0.0150. The number of carbonyl (C=O) groups excluding carboxylic acids is 1. The molecule has 1 amide bonds. The van der Waals surface area contributed by atoms with Crippen LogP contribution in [0.1, 0.15) is 26.7 Å². The van der Waals surface area contributed by atoms with Crippen LogP contribution >= 0.6 is 0 Å². The van der Waals surface area contributed by atoms with Crippen LogP contribution in [0.4, 0.5) is 4.79 Å². The Morgan fingerprint density at radius 3 is 2.59 bits per heavy atom. The standard InChI is InChI=1S/C12H19NO4/c1-4-5-17-11(16)13-9(10(14)15)8-6-12(2,3)7-8/h4,8-9H,1,5-7H2,2-3H3,(H,13,16)(H,14,15). The number of alkyl carbamates (subject to hydrolysis) is 1. The minimum atomic E-state index is -1.01. The normalized spacial score (nSPS) is 19.9. The van der Waals surface area contributed by atoms with E-state index in [9.17, 15) is 9.59 Å². The summed E-state index contributed by atoms with van der Waals surface area (Å²) in [5, 5.41) is 11.4. The molecule has 96 valence electrons. The number of rotatable bonds is 5. The molecular formula is C12H19NO4. The van der Waals surface area contributed by atoms with Gasteiger partial charge in [-0.15, -0.1) is 0 Å². The van der Waals surface area contributed by atoms with E-state index in [4.69, 9.17) is 9.84 Å². The molecule has 0 bridgehead atoms. The van der Waals surface area contributed by atoms with Gasteiger partial charge in [-0.2, -0.15) is 0 Å². The van der Waals surface area contributed by atoms with E-state index >= 15 is 0 Å². The molecule has 1 fully saturated rings. The first-order valence-electron chi connectivity index (χ1n) is 5.63. The summed E-state index contributed by atoms with van der Waals surface area (Å²) in [6, 6.07) is -0.861. The Morgan fingerprint density at radius 2 is 2.18 bits per heavy atom. The molecule has 1 atom stereocenters. The van der Waals surface area contributed by atoms with Crippen molar-refractivity contribution < 1.29 is 19.4 Å². The van der Waals surface area contributed by atoms with Crippen molar-refractivity contribution in [2.24, 2.45) is 11.3 Å². The van der Waals surface area contributed by atoms with E-state index < -0.39 is 18.1 Å². The minimum Gasteiger partial charge on any atom is -0.480 e. The SMILES string of the molecule is C=CCOC(=O)NC(C(=O)O)C1CC(C)(C)C1. The van der Waals surface area contributed by atoms with E-state index in [1.165, 1.54) is 6.08 Å². The maximum Gasteiger partial charge on any atom is 0.408 e. The smallest absolute Gasteiger partial charge is 0.408 e. The van der Waals surface area contributed by atoms with Crippen molar-refractivity contribution in [3.63, 3.8) is 0 Å². The first-order valence-corrected chi connectivity index (χ1v) is 5.63. The molecule has 5 nitrogen and oxygen atoms in total. The topological polar surface area (TPSA) is 75.6 Å². The summed E-state index contributed by atoms with van der Waals surface area (Å²) in [5.41, 5.74) is 0.172. The number of nitrogens with one attached hydrogen (secondary N) is 1. The molecule has 5 heteroatoms. The number of amides is 1. The van der Waals surface area contributed by atoms with Crippen molar-refractivity contribution in [1.82, 2.24) is 5.32 Å². The highest BCUT2D eigenvalue weighted by Gasteiger charge is 2.44. The lowest BCUT2D eigenvalue weighted by atomic mass is 9.62. The second kappa shape index (κ2) is 5.21. The van der Waals surface area contributed by atoms with Crippen molar-refractivity contribution in [2.45, 2.75) is 32.7 Å². The number of hydrogen-bond acceptors (Lipinski definition) is 3. The molecule has 0 aromatic carbocycles. The molecule has 0 aromatic rings. The summed E-state index contributed by atoms with van der Waals surface area (Å²) in [7, 11) is 0. The van der Waals surface area contributed by atoms with Crippen LogP contribution in [0.15, 0.2) is 12.7 Å². The van der Waals surface area contributed by atoms with Crippen LogP contribution in [0, 0.1) is 11.3 Å². The predicted octanol–water partition coefficient (Wildman–Crippen LogP) is 1.79. The van der Waals surface area contributed by atoms with Crippen LogP contribution < -0.4 is 5.32 Å². The monoisotopic (exact) mass is 241 g/mol. The molecule has 17 heavy (non-hydrogen) atoms. The molecule has 0 aliphatic heterocycles. The summed E-state index contributed by atoms with van der Waals surface area (Å²) in [6.45, 7) is 7.65.